The summed E-state index contributed by atoms with van der Waals surface area (Å²) < 4.78 is 26.6. The molecule has 19 heavy (non-hydrogen) atoms. The van der Waals surface area contributed by atoms with Crippen molar-refractivity contribution in [3.63, 3.8) is 0 Å². The van der Waals surface area contributed by atoms with Crippen LogP contribution in [0.15, 0.2) is 18.2 Å². The van der Waals surface area contributed by atoms with Crippen molar-refractivity contribution >= 4 is 5.91 Å². The van der Waals surface area contributed by atoms with Crippen LogP contribution in [-0.2, 0) is 0 Å². The molecule has 2 N–H and O–H groups in total. The Labute approximate surface area is 110 Å². The highest BCUT2D eigenvalue weighted by molar-refractivity contribution is 5.94. The molecule has 0 aromatic heterocycles. The average Bonchev–Trinajstić information content (AvgIpc) is 2.75. The van der Waals surface area contributed by atoms with Crippen molar-refractivity contribution in [3.8, 4) is 0 Å². The van der Waals surface area contributed by atoms with Crippen molar-refractivity contribution in [2.24, 2.45) is 5.41 Å². The van der Waals surface area contributed by atoms with Gasteiger partial charge in [-0.1, -0.05) is 19.4 Å². The summed E-state index contributed by atoms with van der Waals surface area (Å²) in [7, 11) is 0. The Hall–Kier alpha value is -1.49. The molecule has 1 aromatic rings. The van der Waals surface area contributed by atoms with Gasteiger partial charge in [-0.2, -0.15) is 0 Å². The van der Waals surface area contributed by atoms with E-state index in [1.165, 1.54) is 12.1 Å². The Morgan fingerprint density at radius 1 is 1.53 bits per heavy atom. The zero-order valence-electron chi connectivity index (χ0n) is 10.7. The van der Waals surface area contributed by atoms with Crippen LogP contribution in [0.4, 0.5) is 8.78 Å². The number of carbonyl (C=O) groups excluding carboxylic acids is 1. The first-order valence-corrected chi connectivity index (χ1v) is 6.34. The number of rotatable bonds is 3. The van der Waals surface area contributed by atoms with Gasteiger partial charge in [0.1, 0.15) is 0 Å². The lowest BCUT2D eigenvalue weighted by Gasteiger charge is -2.30. The predicted octanol–water partition coefficient (Wildman–Crippen LogP) is 2.25. The maximum Gasteiger partial charge on any atom is 0.254 e. The SMILES string of the molecule is CC1(CO)CCCC1NC(=O)c1cccc(F)c1F. The van der Waals surface area contributed by atoms with E-state index in [1.807, 2.05) is 6.92 Å². The van der Waals surface area contributed by atoms with Crippen molar-refractivity contribution in [2.75, 3.05) is 6.61 Å². The fourth-order valence-electron chi connectivity index (χ4n) is 2.58. The van der Waals surface area contributed by atoms with Gasteiger partial charge in [0.15, 0.2) is 11.6 Å². The smallest absolute Gasteiger partial charge is 0.254 e. The summed E-state index contributed by atoms with van der Waals surface area (Å²) in [4.78, 5) is 12.0. The Morgan fingerprint density at radius 2 is 2.26 bits per heavy atom. The van der Waals surface area contributed by atoms with Gasteiger partial charge in [-0.3, -0.25) is 4.79 Å². The van der Waals surface area contributed by atoms with Crippen LogP contribution in [0.3, 0.4) is 0 Å². The molecule has 0 aliphatic heterocycles. The van der Waals surface area contributed by atoms with Gasteiger partial charge in [0.05, 0.1) is 12.2 Å². The molecule has 1 fully saturated rings. The number of nitrogens with one attached hydrogen (secondary N) is 1. The lowest BCUT2D eigenvalue weighted by molar-refractivity contribution is 0.0826. The number of hydrogen-bond acceptors (Lipinski definition) is 2. The minimum absolute atomic E-state index is 0.0381. The molecule has 0 saturated heterocycles. The van der Waals surface area contributed by atoms with Crippen molar-refractivity contribution in [2.45, 2.75) is 32.2 Å². The first-order valence-electron chi connectivity index (χ1n) is 6.34. The Morgan fingerprint density at radius 3 is 2.95 bits per heavy atom. The molecule has 2 rings (SSSR count). The van der Waals surface area contributed by atoms with Crippen LogP contribution >= 0.6 is 0 Å². The highest BCUT2D eigenvalue weighted by Gasteiger charge is 2.39. The van der Waals surface area contributed by atoms with Gasteiger partial charge in [0.2, 0.25) is 0 Å². The van der Waals surface area contributed by atoms with Crippen molar-refractivity contribution in [1.29, 1.82) is 0 Å². The minimum Gasteiger partial charge on any atom is -0.396 e. The van der Waals surface area contributed by atoms with E-state index in [-0.39, 0.29) is 23.6 Å². The lowest BCUT2D eigenvalue weighted by atomic mass is 9.85. The molecule has 5 heteroatoms. The Balaban J connectivity index is 2.15. The summed E-state index contributed by atoms with van der Waals surface area (Å²) in [5.74, 6) is -2.81. The monoisotopic (exact) mass is 269 g/mol. The summed E-state index contributed by atoms with van der Waals surface area (Å²) in [5.41, 5.74) is -0.688. The molecule has 1 aliphatic rings. The van der Waals surface area contributed by atoms with Crippen LogP contribution in [0.5, 0.6) is 0 Å². The van der Waals surface area contributed by atoms with Crippen LogP contribution in [0.1, 0.15) is 36.5 Å². The zero-order chi connectivity index (χ0) is 14.0. The molecule has 3 nitrogen and oxygen atoms in total. The van der Waals surface area contributed by atoms with E-state index in [0.717, 1.165) is 25.3 Å². The molecule has 2 unspecified atom stereocenters. The summed E-state index contributed by atoms with van der Waals surface area (Å²) in [6.07, 6.45) is 2.44. The summed E-state index contributed by atoms with van der Waals surface area (Å²) in [6, 6.07) is 3.30. The summed E-state index contributed by atoms with van der Waals surface area (Å²) >= 11 is 0. The maximum atomic E-state index is 13.5. The van der Waals surface area contributed by atoms with Crippen LogP contribution < -0.4 is 5.32 Å². The number of aliphatic hydroxyl groups is 1. The van der Waals surface area contributed by atoms with Crippen molar-refractivity contribution < 1.29 is 18.7 Å². The normalized spacial score (nSPS) is 26.4. The zero-order valence-corrected chi connectivity index (χ0v) is 10.7. The fourth-order valence-corrected chi connectivity index (χ4v) is 2.58. The van der Waals surface area contributed by atoms with E-state index >= 15 is 0 Å². The highest BCUT2D eigenvalue weighted by Crippen LogP contribution is 2.37. The van der Waals surface area contributed by atoms with Gasteiger partial charge in [0.25, 0.3) is 5.91 Å². The molecule has 1 amide bonds. The lowest BCUT2D eigenvalue weighted by Crippen LogP contribution is -2.45. The van der Waals surface area contributed by atoms with Gasteiger partial charge in [-0.05, 0) is 25.0 Å². The quantitative estimate of drug-likeness (QED) is 0.884. The second kappa shape index (κ2) is 5.25. The first-order chi connectivity index (χ1) is 8.98. The summed E-state index contributed by atoms with van der Waals surface area (Å²) in [6.45, 7) is 1.84. The van der Waals surface area contributed by atoms with E-state index < -0.39 is 17.5 Å². The van der Waals surface area contributed by atoms with E-state index in [2.05, 4.69) is 5.32 Å². The number of hydrogen-bond donors (Lipinski definition) is 2. The molecule has 1 saturated carbocycles. The van der Waals surface area contributed by atoms with Gasteiger partial charge >= 0.3 is 0 Å². The molecule has 0 heterocycles. The van der Waals surface area contributed by atoms with Gasteiger partial charge in [-0.15, -0.1) is 0 Å². The molecule has 0 spiro atoms. The molecule has 2 atom stereocenters. The highest BCUT2D eigenvalue weighted by atomic mass is 19.2. The second-order valence-electron chi connectivity index (χ2n) is 5.33. The molecular weight excluding hydrogens is 252 g/mol. The van der Waals surface area contributed by atoms with Crippen molar-refractivity contribution in [3.05, 3.63) is 35.4 Å². The standard InChI is InChI=1S/C14H17F2NO2/c1-14(8-18)7-3-6-11(14)17-13(19)9-4-2-5-10(15)12(9)16/h2,4-5,11,18H,3,6-8H2,1H3,(H,17,19). The number of halogens is 2. The van der Waals surface area contributed by atoms with Crippen molar-refractivity contribution in [1.82, 2.24) is 5.32 Å². The third-order valence-electron chi connectivity index (χ3n) is 3.94. The molecule has 0 radical (unpaired) electrons. The molecule has 1 aromatic carbocycles. The van der Waals surface area contributed by atoms with Gasteiger partial charge < -0.3 is 10.4 Å². The third-order valence-corrected chi connectivity index (χ3v) is 3.94. The number of aliphatic hydroxyl groups excluding tert-OH is 1. The maximum absolute atomic E-state index is 13.5. The second-order valence-corrected chi connectivity index (χ2v) is 5.33. The molecule has 0 bridgehead atoms. The topological polar surface area (TPSA) is 49.3 Å². The Kier molecular flexibility index (Phi) is 3.85. The largest absolute Gasteiger partial charge is 0.396 e. The minimum atomic E-state index is -1.14. The Bertz CT molecular complexity index is 492. The van der Waals surface area contributed by atoms with Crippen LogP contribution in [-0.4, -0.2) is 23.7 Å². The van der Waals surface area contributed by atoms with E-state index in [9.17, 15) is 18.7 Å². The third kappa shape index (κ3) is 2.61. The fraction of sp³-hybridized carbons (Fsp3) is 0.500. The molecule has 104 valence electrons. The molecule has 1 aliphatic carbocycles. The predicted molar refractivity (Wildman–Crippen MR) is 66.7 cm³/mol. The van der Waals surface area contributed by atoms with Crippen LogP contribution in [0.25, 0.3) is 0 Å². The summed E-state index contributed by atoms with van der Waals surface area (Å²) in [5, 5.41) is 12.1. The number of carbonyl (C=O) groups is 1. The van der Waals surface area contributed by atoms with E-state index in [0.29, 0.717) is 0 Å². The number of benzene rings is 1. The average molecular weight is 269 g/mol. The van der Waals surface area contributed by atoms with Gasteiger partial charge in [-0.25, -0.2) is 8.78 Å². The van der Waals surface area contributed by atoms with Crippen LogP contribution in [0.2, 0.25) is 0 Å². The van der Waals surface area contributed by atoms with Crippen LogP contribution in [0, 0.1) is 17.0 Å². The number of amides is 1. The van der Waals surface area contributed by atoms with Gasteiger partial charge in [0, 0.05) is 11.5 Å². The van der Waals surface area contributed by atoms with E-state index in [1.54, 1.807) is 0 Å². The van der Waals surface area contributed by atoms with E-state index in [4.69, 9.17) is 0 Å². The first kappa shape index (κ1) is 13.9. The molecular formula is C14H17F2NO2.